The third kappa shape index (κ3) is 2.41. The molecular weight excluding hydrogens is 208 g/mol. The number of ether oxygens (including phenoxy) is 1. The molecule has 2 fully saturated rings. The SMILES string of the molecule is NC(/C=C1\CCOC1=O)CC1CCNC1=O. The Labute approximate surface area is 94.0 Å². The third-order valence-electron chi connectivity index (χ3n) is 3.00. The van der Waals surface area contributed by atoms with Gasteiger partial charge in [-0.25, -0.2) is 4.79 Å². The fourth-order valence-corrected chi connectivity index (χ4v) is 2.12. The average Bonchev–Trinajstić information content (AvgIpc) is 2.79. The van der Waals surface area contributed by atoms with Crippen molar-refractivity contribution in [1.82, 2.24) is 5.32 Å². The Kier molecular flexibility index (Phi) is 3.24. The van der Waals surface area contributed by atoms with Crippen LogP contribution in [-0.4, -0.2) is 31.1 Å². The third-order valence-corrected chi connectivity index (χ3v) is 3.00. The van der Waals surface area contributed by atoms with Gasteiger partial charge in [-0.15, -0.1) is 0 Å². The molecule has 3 N–H and O–H groups in total. The summed E-state index contributed by atoms with van der Waals surface area (Å²) in [5.41, 5.74) is 6.54. The Balaban J connectivity index is 1.90. The Bertz CT molecular complexity index is 338. The molecule has 0 aromatic carbocycles. The summed E-state index contributed by atoms with van der Waals surface area (Å²) < 4.78 is 4.82. The number of amides is 1. The number of rotatable bonds is 3. The second kappa shape index (κ2) is 4.65. The van der Waals surface area contributed by atoms with Gasteiger partial charge in [-0.2, -0.15) is 0 Å². The number of esters is 1. The zero-order valence-electron chi connectivity index (χ0n) is 9.07. The number of nitrogens with two attached hydrogens (primary N) is 1. The van der Waals surface area contributed by atoms with E-state index in [4.69, 9.17) is 10.5 Å². The summed E-state index contributed by atoms with van der Waals surface area (Å²) in [4.78, 5) is 22.5. The molecular formula is C11H16N2O3. The van der Waals surface area contributed by atoms with Crippen molar-refractivity contribution < 1.29 is 14.3 Å². The van der Waals surface area contributed by atoms with Crippen molar-refractivity contribution in [3.05, 3.63) is 11.6 Å². The molecule has 0 aliphatic carbocycles. The minimum atomic E-state index is -0.272. The monoisotopic (exact) mass is 224 g/mol. The molecule has 0 aromatic rings. The molecule has 0 radical (unpaired) electrons. The molecule has 2 aliphatic heterocycles. The van der Waals surface area contributed by atoms with Crippen molar-refractivity contribution in [2.45, 2.75) is 25.3 Å². The molecule has 2 saturated heterocycles. The number of cyclic esters (lactones) is 1. The Hall–Kier alpha value is -1.36. The van der Waals surface area contributed by atoms with E-state index in [2.05, 4.69) is 5.32 Å². The smallest absolute Gasteiger partial charge is 0.333 e. The topological polar surface area (TPSA) is 81.4 Å². The van der Waals surface area contributed by atoms with E-state index >= 15 is 0 Å². The summed E-state index contributed by atoms with van der Waals surface area (Å²) in [7, 11) is 0. The van der Waals surface area contributed by atoms with Crippen LogP contribution in [0.2, 0.25) is 0 Å². The van der Waals surface area contributed by atoms with E-state index in [-0.39, 0.29) is 23.8 Å². The zero-order valence-corrected chi connectivity index (χ0v) is 9.07. The summed E-state index contributed by atoms with van der Waals surface area (Å²) in [5, 5.41) is 2.77. The van der Waals surface area contributed by atoms with Gasteiger partial charge in [0.05, 0.1) is 6.61 Å². The minimum Gasteiger partial charge on any atom is -0.462 e. The predicted molar refractivity (Wildman–Crippen MR) is 57.4 cm³/mol. The molecule has 0 saturated carbocycles. The maximum Gasteiger partial charge on any atom is 0.333 e. The maximum absolute atomic E-state index is 11.3. The first-order chi connectivity index (χ1) is 7.66. The van der Waals surface area contributed by atoms with Crippen LogP contribution in [0.3, 0.4) is 0 Å². The van der Waals surface area contributed by atoms with Crippen LogP contribution in [-0.2, 0) is 14.3 Å². The lowest BCUT2D eigenvalue weighted by atomic mass is 9.97. The van der Waals surface area contributed by atoms with Crippen LogP contribution in [0.5, 0.6) is 0 Å². The van der Waals surface area contributed by atoms with Crippen LogP contribution >= 0.6 is 0 Å². The lowest BCUT2D eigenvalue weighted by Crippen LogP contribution is -2.27. The predicted octanol–water partition coefficient (Wildman–Crippen LogP) is -0.287. The highest BCUT2D eigenvalue weighted by Gasteiger charge is 2.26. The average molecular weight is 224 g/mol. The summed E-state index contributed by atoms with van der Waals surface area (Å²) in [6.45, 7) is 1.18. The normalized spacial score (nSPS) is 29.3. The molecule has 2 aliphatic rings. The van der Waals surface area contributed by atoms with Crippen LogP contribution in [0, 0.1) is 5.92 Å². The Morgan fingerprint density at radius 2 is 2.38 bits per heavy atom. The van der Waals surface area contributed by atoms with E-state index < -0.39 is 0 Å². The molecule has 16 heavy (non-hydrogen) atoms. The number of hydrogen-bond donors (Lipinski definition) is 2. The number of carbonyl (C=O) groups is 2. The molecule has 2 heterocycles. The van der Waals surface area contributed by atoms with Gasteiger partial charge in [-0.05, 0) is 12.8 Å². The fraction of sp³-hybridized carbons (Fsp3) is 0.636. The number of hydrogen-bond acceptors (Lipinski definition) is 4. The molecule has 0 aromatic heterocycles. The van der Waals surface area contributed by atoms with Crippen molar-refractivity contribution >= 4 is 11.9 Å². The molecule has 1 amide bonds. The molecule has 0 bridgehead atoms. The van der Waals surface area contributed by atoms with Crippen LogP contribution < -0.4 is 11.1 Å². The quantitative estimate of drug-likeness (QED) is 0.510. The van der Waals surface area contributed by atoms with Crippen molar-refractivity contribution in [2.24, 2.45) is 11.7 Å². The molecule has 5 heteroatoms. The van der Waals surface area contributed by atoms with Gasteiger partial charge in [-0.3, -0.25) is 4.79 Å². The van der Waals surface area contributed by atoms with E-state index in [1.54, 1.807) is 6.08 Å². The lowest BCUT2D eigenvalue weighted by Gasteiger charge is -2.11. The highest BCUT2D eigenvalue weighted by molar-refractivity contribution is 5.90. The van der Waals surface area contributed by atoms with Gasteiger partial charge in [-0.1, -0.05) is 6.08 Å². The van der Waals surface area contributed by atoms with Crippen molar-refractivity contribution in [2.75, 3.05) is 13.2 Å². The summed E-state index contributed by atoms with van der Waals surface area (Å²) >= 11 is 0. The Morgan fingerprint density at radius 1 is 1.56 bits per heavy atom. The standard InChI is InChI=1S/C11H16N2O3/c12-9(5-7-1-3-13-10(7)14)6-8-2-4-16-11(8)15/h6-7,9H,1-5,12H2,(H,13,14)/b8-6+. The second-order valence-corrected chi connectivity index (χ2v) is 4.25. The van der Waals surface area contributed by atoms with Gasteiger partial charge in [0.15, 0.2) is 0 Å². The van der Waals surface area contributed by atoms with Gasteiger partial charge < -0.3 is 15.8 Å². The molecule has 2 rings (SSSR count). The van der Waals surface area contributed by atoms with Gasteiger partial charge in [0.25, 0.3) is 0 Å². The van der Waals surface area contributed by atoms with Crippen LogP contribution in [0.15, 0.2) is 11.6 Å². The number of carbonyl (C=O) groups excluding carboxylic acids is 2. The first-order valence-electron chi connectivity index (χ1n) is 5.58. The van der Waals surface area contributed by atoms with E-state index in [0.29, 0.717) is 25.0 Å². The first-order valence-corrected chi connectivity index (χ1v) is 5.58. The van der Waals surface area contributed by atoms with Crippen LogP contribution in [0.1, 0.15) is 19.3 Å². The van der Waals surface area contributed by atoms with Crippen LogP contribution in [0.25, 0.3) is 0 Å². The van der Waals surface area contributed by atoms with Gasteiger partial charge >= 0.3 is 5.97 Å². The van der Waals surface area contributed by atoms with Crippen molar-refractivity contribution in [3.8, 4) is 0 Å². The van der Waals surface area contributed by atoms with Crippen molar-refractivity contribution in [1.29, 1.82) is 0 Å². The summed E-state index contributed by atoms with van der Waals surface area (Å²) in [6, 6.07) is -0.241. The molecule has 0 spiro atoms. The zero-order chi connectivity index (χ0) is 11.5. The van der Waals surface area contributed by atoms with E-state index in [0.717, 1.165) is 13.0 Å². The van der Waals surface area contributed by atoms with Crippen molar-refractivity contribution in [3.63, 3.8) is 0 Å². The number of nitrogens with one attached hydrogen (secondary N) is 1. The highest BCUT2D eigenvalue weighted by Crippen LogP contribution is 2.19. The summed E-state index contributed by atoms with van der Waals surface area (Å²) in [6.07, 6.45) is 3.80. The largest absolute Gasteiger partial charge is 0.462 e. The lowest BCUT2D eigenvalue weighted by molar-refractivity contribution is -0.135. The van der Waals surface area contributed by atoms with Gasteiger partial charge in [0, 0.05) is 30.5 Å². The van der Waals surface area contributed by atoms with Gasteiger partial charge in [0.1, 0.15) is 0 Å². The fourth-order valence-electron chi connectivity index (χ4n) is 2.12. The Morgan fingerprint density at radius 3 is 2.94 bits per heavy atom. The molecule has 5 nitrogen and oxygen atoms in total. The van der Waals surface area contributed by atoms with Crippen LogP contribution in [0.4, 0.5) is 0 Å². The minimum absolute atomic E-state index is 0.00993. The first kappa shape index (κ1) is 11.1. The van der Waals surface area contributed by atoms with E-state index in [1.807, 2.05) is 0 Å². The maximum atomic E-state index is 11.3. The molecule has 2 unspecified atom stereocenters. The highest BCUT2D eigenvalue weighted by atomic mass is 16.5. The second-order valence-electron chi connectivity index (χ2n) is 4.25. The summed E-state index contributed by atoms with van der Waals surface area (Å²) in [5.74, 6) is -0.210. The molecule has 2 atom stereocenters. The van der Waals surface area contributed by atoms with Gasteiger partial charge in [0.2, 0.25) is 5.91 Å². The van der Waals surface area contributed by atoms with E-state index in [1.165, 1.54) is 0 Å². The molecule has 88 valence electrons. The van der Waals surface area contributed by atoms with E-state index in [9.17, 15) is 9.59 Å².